The van der Waals surface area contributed by atoms with Crippen LogP contribution in [0.1, 0.15) is 303 Å². The molecule has 0 N–H and O–H groups in total. The van der Waals surface area contributed by atoms with Gasteiger partial charge in [-0.15, -0.1) is 0 Å². The lowest BCUT2D eigenvalue weighted by molar-refractivity contribution is -0.167. The van der Waals surface area contributed by atoms with Crippen LogP contribution in [0.4, 0.5) is 0 Å². The lowest BCUT2D eigenvalue weighted by Crippen LogP contribution is -2.30. The van der Waals surface area contributed by atoms with Gasteiger partial charge in [-0.3, -0.25) is 14.4 Å². The van der Waals surface area contributed by atoms with Gasteiger partial charge in [0.15, 0.2) is 6.10 Å². The molecule has 0 saturated carbocycles. The molecule has 0 aromatic rings. The molecule has 0 aromatic heterocycles. The first-order valence-electron chi connectivity index (χ1n) is 27.2. The number of esters is 3. The van der Waals surface area contributed by atoms with Crippen molar-refractivity contribution in [3.8, 4) is 0 Å². The number of ether oxygens (including phenoxy) is 3. The third-order valence-electron chi connectivity index (χ3n) is 12.3. The number of allylic oxidation sites excluding steroid dienone is 2. The fourth-order valence-electron chi connectivity index (χ4n) is 8.14. The van der Waals surface area contributed by atoms with Crippen molar-refractivity contribution >= 4 is 17.9 Å². The van der Waals surface area contributed by atoms with Crippen molar-refractivity contribution < 1.29 is 28.6 Å². The van der Waals surface area contributed by atoms with Crippen LogP contribution in [0.2, 0.25) is 0 Å². The number of carbonyl (C=O) groups is 3. The second-order valence-electron chi connectivity index (χ2n) is 18.5. The van der Waals surface area contributed by atoms with Crippen LogP contribution < -0.4 is 0 Å². The highest BCUT2D eigenvalue weighted by Crippen LogP contribution is 2.16. The van der Waals surface area contributed by atoms with Gasteiger partial charge in [-0.2, -0.15) is 0 Å². The summed E-state index contributed by atoms with van der Waals surface area (Å²) in [5, 5.41) is 0. The molecule has 0 spiro atoms. The summed E-state index contributed by atoms with van der Waals surface area (Å²) in [6.07, 6.45) is 56.3. The molecule has 0 heterocycles. The number of rotatable bonds is 50. The molecule has 0 unspecified atom stereocenters. The van der Waals surface area contributed by atoms with E-state index in [9.17, 15) is 14.4 Å². The number of hydrogen-bond acceptors (Lipinski definition) is 6. The van der Waals surface area contributed by atoms with E-state index in [1.807, 2.05) is 0 Å². The van der Waals surface area contributed by atoms with Crippen LogP contribution in [0.3, 0.4) is 0 Å². The maximum Gasteiger partial charge on any atom is 0.306 e. The van der Waals surface area contributed by atoms with Crippen molar-refractivity contribution in [1.82, 2.24) is 0 Å². The van der Waals surface area contributed by atoms with Gasteiger partial charge < -0.3 is 14.2 Å². The van der Waals surface area contributed by atoms with Crippen molar-refractivity contribution in [2.45, 2.75) is 309 Å². The number of carbonyl (C=O) groups excluding carboxylic acids is 3. The minimum Gasteiger partial charge on any atom is -0.462 e. The maximum absolute atomic E-state index is 12.8. The standard InChI is InChI=1S/C55H104O6/c1-4-7-10-13-16-19-22-24-26-27-28-29-30-32-33-36-39-42-45-48-54(57)60-51-52(50-59-53(56)47-44-41-38-35-21-18-15-12-9-6-3)61-55(58)49-46-43-40-37-34-31-25-23-20-17-14-11-8-5-2/h27-28,52H,4-26,29-51H2,1-3H3/b28-27-/t52-/m1/s1. The first-order valence-corrected chi connectivity index (χ1v) is 27.2. The number of unbranched alkanes of at least 4 members (excludes halogenated alkanes) is 37. The van der Waals surface area contributed by atoms with Crippen LogP contribution in [0, 0.1) is 0 Å². The van der Waals surface area contributed by atoms with Crippen molar-refractivity contribution in [3.05, 3.63) is 12.2 Å². The molecular formula is C55H104O6. The highest BCUT2D eigenvalue weighted by Gasteiger charge is 2.19. The highest BCUT2D eigenvalue weighted by atomic mass is 16.6. The third kappa shape index (κ3) is 49.0. The van der Waals surface area contributed by atoms with Gasteiger partial charge in [-0.1, -0.05) is 251 Å². The van der Waals surface area contributed by atoms with Gasteiger partial charge in [-0.05, 0) is 44.9 Å². The summed E-state index contributed by atoms with van der Waals surface area (Å²) in [6.45, 7) is 6.66. The topological polar surface area (TPSA) is 78.9 Å². The second-order valence-corrected chi connectivity index (χ2v) is 18.5. The molecule has 360 valence electrons. The predicted octanol–water partition coefficient (Wildman–Crippen LogP) is 17.8. The minimum absolute atomic E-state index is 0.0661. The first-order chi connectivity index (χ1) is 30.0. The Morgan fingerprint density at radius 2 is 0.541 bits per heavy atom. The van der Waals surface area contributed by atoms with E-state index in [4.69, 9.17) is 14.2 Å². The summed E-state index contributed by atoms with van der Waals surface area (Å²) in [4.78, 5) is 37.9. The quantitative estimate of drug-likeness (QED) is 0.0262. The molecule has 0 aromatic carbocycles. The van der Waals surface area contributed by atoms with E-state index in [0.29, 0.717) is 19.3 Å². The molecule has 0 aliphatic carbocycles. The summed E-state index contributed by atoms with van der Waals surface area (Å²) in [7, 11) is 0. The van der Waals surface area contributed by atoms with E-state index in [-0.39, 0.29) is 31.1 Å². The zero-order chi connectivity index (χ0) is 44.4. The minimum atomic E-state index is -0.764. The SMILES string of the molecule is CCCCCCCCCC/C=C\CCCCCCCCCC(=O)OC[C@@H](COC(=O)CCCCCCCCCCCC)OC(=O)CCCCCCCCCCCCCCCC. The zero-order valence-corrected chi connectivity index (χ0v) is 41.2. The number of hydrogen-bond donors (Lipinski definition) is 0. The normalized spacial score (nSPS) is 12.0. The van der Waals surface area contributed by atoms with Crippen molar-refractivity contribution in [3.63, 3.8) is 0 Å². The lowest BCUT2D eigenvalue weighted by Gasteiger charge is -2.18. The van der Waals surface area contributed by atoms with Gasteiger partial charge in [0.1, 0.15) is 13.2 Å². The van der Waals surface area contributed by atoms with Crippen molar-refractivity contribution in [2.24, 2.45) is 0 Å². The smallest absolute Gasteiger partial charge is 0.306 e. The van der Waals surface area contributed by atoms with Gasteiger partial charge in [0.25, 0.3) is 0 Å². The lowest BCUT2D eigenvalue weighted by atomic mass is 10.0. The Bertz CT molecular complexity index is 947. The van der Waals surface area contributed by atoms with E-state index in [1.54, 1.807) is 0 Å². The Hall–Kier alpha value is -1.85. The molecule has 0 fully saturated rings. The summed E-state index contributed by atoms with van der Waals surface area (Å²) in [5.41, 5.74) is 0. The molecular weight excluding hydrogens is 757 g/mol. The van der Waals surface area contributed by atoms with Crippen LogP contribution in [0.5, 0.6) is 0 Å². The van der Waals surface area contributed by atoms with E-state index in [0.717, 1.165) is 57.8 Å². The molecule has 1 atom stereocenters. The van der Waals surface area contributed by atoms with E-state index in [2.05, 4.69) is 32.9 Å². The molecule has 0 aliphatic rings. The van der Waals surface area contributed by atoms with Crippen LogP contribution in [0.25, 0.3) is 0 Å². The average molecular weight is 861 g/mol. The summed E-state index contributed by atoms with van der Waals surface area (Å²) >= 11 is 0. The zero-order valence-electron chi connectivity index (χ0n) is 41.2. The summed E-state index contributed by atoms with van der Waals surface area (Å²) in [5.74, 6) is -0.853. The molecule has 0 rings (SSSR count). The molecule has 0 aliphatic heterocycles. The van der Waals surface area contributed by atoms with Crippen molar-refractivity contribution in [2.75, 3.05) is 13.2 Å². The Balaban J connectivity index is 4.26. The van der Waals surface area contributed by atoms with Crippen LogP contribution in [-0.2, 0) is 28.6 Å². The van der Waals surface area contributed by atoms with Crippen molar-refractivity contribution in [1.29, 1.82) is 0 Å². The van der Waals surface area contributed by atoms with E-state index >= 15 is 0 Å². The van der Waals surface area contributed by atoms with Gasteiger partial charge in [0.05, 0.1) is 0 Å². The van der Waals surface area contributed by atoms with E-state index in [1.165, 1.54) is 205 Å². The van der Waals surface area contributed by atoms with E-state index < -0.39 is 6.10 Å². The molecule has 0 amide bonds. The largest absolute Gasteiger partial charge is 0.462 e. The predicted molar refractivity (Wildman–Crippen MR) is 261 cm³/mol. The molecule has 61 heavy (non-hydrogen) atoms. The summed E-state index contributed by atoms with van der Waals surface area (Å²) in [6, 6.07) is 0. The third-order valence-corrected chi connectivity index (χ3v) is 12.3. The van der Waals surface area contributed by atoms with Gasteiger partial charge >= 0.3 is 17.9 Å². The molecule has 0 radical (unpaired) electrons. The Kier molecular flexibility index (Phi) is 49.3. The molecule has 0 saturated heterocycles. The fraction of sp³-hybridized carbons (Fsp3) is 0.909. The first kappa shape index (κ1) is 59.1. The Labute approximate surface area is 380 Å². The molecule has 6 nitrogen and oxygen atoms in total. The maximum atomic E-state index is 12.8. The van der Waals surface area contributed by atoms with Gasteiger partial charge in [-0.25, -0.2) is 0 Å². The Morgan fingerprint density at radius 3 is 0.820 bits per heavy atom. The summed E-state index contributed by atoms with van der Waals surface area (Å²) < 4.78 is 16.8. The average Bonchev–Trinajstić information content (AvgIpc) is 3.26. The van der Waals surface area contributed by atoms with Gasteiger partial charge in [0.2, 0.25) is 0 Å². The Morgan fingerprint density at radius 1 is 0.311 bits per heavy atom. The van der Waals surface area contributed by atoms with Crippen LogP contribution in [0.15, 0.2) is 12.2 Å². The fourth-order valence-corrected chi connectivity index (χ4v) is 8.14. The van der Waals surface area contributed by atoms with Gasteiger partial charge in [0, 0.05) is 19.3 Å². The second kappa shape index (κ2) is 50.8. The highest BCUT2D eigenvalue weighted by molar-refractivity contribution is 5.71. The molecule has 0 bridgehead atoms. The monoisotopic (exact) mass is 861 g/mol. The van der Waals surface area contributed by atoms with Crippen LogP contribution >= 0.6 is 0 Å². The van der Waals surface area contributed by atoms with Crippen LogP contribution in [-0.4, -0.2) is 37.2 Å². The molecule has 6 heteroatoms.